The van der Waals surface area contributed by atoms with E-state index < -0.39 is 5.41 Å². The van der Waals surface area contributed by atoms with Gasteiger partial charge in [-0.15, -0.1) is 0 Å². The predicted molar refractivity (Wildman–Crippen MR) is 125 cm³/mol. The third kappa shape index (κ3) is 10.3. The average Bonchev–Trinajstić information content (AvgIpc) is 2.54. The van der Waals surface area contributed by atoms with Gasteiger partial charge in [0.05, 0.1) is 17.6 Å². The van der Waals surface area contributed by atoms with Crippen molar-refractivity contribution >= 4 is 5.97 Å². The molecule has 0 fully saturated rings. The zero-order chi connectivity index (χ0) is 23.1. The van der Waals surface area contributed by atoms with Gasteiger partial charge in [-0.2, -0.15) is 0 Å². The summed E-state index contributed by atoms with van der Waals surface area (Å²) in [7, 11) is 0. The molecule has 0 bridgehead atoms. The summed E-state index contributed by atoms with van der Waals surface area (Å²) in [6.07, 6.45) is 6.56. The molecule has 0 aromatic carbocycles. The lowest BCUT2D eigenvalue weighted by atomic mass is 9.61. The van der Waals surface area contributed by atoms with Crippen molar-refractivity contribution < 1.29 is 14.3 Å². The summed E-state index contributed by atoms with van der Waals surface area (Å²) in [5.41, 5.74) is -0.864. The molecular formula is C26H52O3. The van der Waals surface area contributed by atoms with Gasteiger partial charge in [-0.25, -0.2) is 0 Å². The smallest absolute Gasteiger partial charge is 0.312 e. The van der Waals surface area contributed by atoms with E-state index in [4.69, 9.17) is 9.47 Å². The average molecular weight is 413 g/mol. The van der Waals surface area contributed by atoms with Crippen molar-refractivity contribution in [1.29, 1.82) is 0 Å². The number of ether oxygens (including phenoxy) is 2. The first-order valence-electron chi connectivity index (χ1n) is 11.8. The second-order valence-corrected chi connectivity index (χ2v) is 12.2. The van der Waals surface area contributed by atoms with Crippen LogP contribution in [0.3, 0.4) is 0 Å². The zero-order valence-corrected chi connectivity index (χ0v) is 21.8. The van der Waals surface area contributed by atoms with E-state index in [1.54, 1.807) is 0 Å². The molecule has 3 heteroatoms. The Morgan fingerprint density at radius 3 is 1.90 bits per heavy atom. The van der Waals surface area contributed by atoms with E-state index in [2.05, 4.69) is 76.2 Å². The zero-order valence-electron chi connectivity index (χ0n) is 21.8. The number of carbonyl (C=O) groups is 1. The van der Waals surface area contributed by atoms with E-state index in [1.807, 2.05) is 6.92 Å². The molecule has 3 unspecified atom stereocenters. The highest BCUT2D eigenvalue weighted by Crippen LogP contribution is 2.47. The van der Waals surface area contributed by atoms with E-state index in [0.29, 0.717) is 12.5 Å². The van der Waals surface area contributed by atoms with Crippen molar-refractivity contribution in [3.63, 3.8) is 0 Å². The Hall–Kier alpha value is -0.570. The molecule has 0 saturated carbocycles. The van der Waals surface area contributed by atoms with E-state index in [1.165, 1.54) is 25.7 Å². The monoisotopic (exact) mass is 412 g/mol. The maximum atomic E-state index is 13.2. The molecule has 29 heavy (non-hydrogen) atoms. The van der Waals surface area contributed by atoms with Crippen molar-refractivity contribution in [2.24, 2.45) is 22.2 Å². The van der Waals surface area contributed by atoms with Crippen LogP contribution in [0.15, 0.2) is 0 Å². The summed E-state index contributed by atoms with van der Waals surface area (Å²) in [6.45, 7) is 26.2. The summed E-state index contributed by atoms with van der Waals surface area (Å²) in [6, 6.07) is 0. The maximum Gasteiger partial charge on any atom is 0.312 e. The Morgan fingerprint density at radius 1 is 0.931 bits per heavy atom. The second-order valence-electron chi connectivity index (χ2n) is 12.2. The van der Waals surface area contributed by atoms with Crippen molar-refractivity contribution in [2.45, 2.75) is 133 Å². The highest BCUT2D eigenvalue weighted by atomic mass is 16.6. The van der Waals surface area contributed by atoms with Gasteiger partial charge in [0.15, 0.2) is 0 Å². The van der Waals surface area contributed by atoms with Crippen LogP contribution < -0.4 is 0 Å². The van der Waals surface area contributed by atoms with Gasteiger partial charge in [-0.05, 0) is 57.3 Å². The van der Waals surface area contributed by atoms with Crippen LogP contribution in [0.25, 0.3) is 0 Å². The fraction of sp³-hybridized carbons (Fsp3) is 0.962. The third-order valence-electron chi connectivity index (χ3n) is 6.33. The van der Waals surface area contributed by atoms with Crippen LogP contribution in [-0.4, -0.2) is 24.3 Å². The molecule has 0 aliphatic heterocycles. The number of esters is 1. The number of rotatable bonds is 12. The molecule has 3 nitrogen and oxygen atoms in total. The van der Waals surface area contributed by atoms with Crippen LogP contribution in [0.1, 0.15) is 122 Å². The molecule has 0 rings (SSSR count). The lowest BCUT2D eigenvalue weighted by Gasteiger charge is -2.44. The second kappa shape index (κ2) is 11.2. The SMILES string of the molecule is CCCCC(CC)CC(C)(C)OCC(C)OC(=O)C(C)(CC(C)(C)C)C(C)(C)C. The molecule has 0 amide bonds. The van der Waals surface area contributed by atoms with Gasteiger partial charge < -0.3 is 9.47 Å². The highest BCUT2D eigenvalue weighted by molar-refractivity contribution is 5.77. The Labute approximate surface area is 182 Å². The molecule has 0 saturated heterocycles. The fourth-order valence-corrected chi connectivity index (χ4v) is 4.09. The lowest BCUT2D eigenvalue weighted by molar-refractivity contribution is -0.175. The minimum absolute atomic E-state index is 0.0520. The summed E-state index contributed by atoms with van der Waals surface area (Å²) < 4.78 is 12.1. The number of unbranched alkanes of at least 4 members (excludes halogenated alkanes) is 1. The number of hydrogen-bond donors (Lipinski definition) is 0. The molecule has 174 valence electrons. The topological polar surface area (TPSA) is 35.5 Å². The van der Waals surface area contributed by atoms with Crippen LogP contribution in [0.4, 0.5) is 0 Å². The van der Waals surface area contributed by atoms with Crippen LogP contribution in [-0.2, 0) is 14.3 Å². The van der Waals surface area contributed by atoms with Crippen molar-refractivity contribution in [3.05, 3.63) is 0 Å². The molecule has 0 N–H and O–H groups in total. The van der Waals surface area contributed by atoms with Crippen LogP contribution in [0.5, 0.6) is 0 Å². The molecule has 0 aromatic rings. The molecular weight excluding hydrogens is 360 g/mol. The molecule has 0 spiro atoms. The van der Waals surface area contributed by atoms with Crippen LogP contribution >= 0.6 is 0 Å². The molecule has 0 aliphatic rings. The largest absolute Gasteiger partial charge is 0.460 e. The van der Waals surface area contributed by atoms with E-state index in [-0.39, 0.29) is 28.5 Å². The predicted octanol–water partition coefficient (Wildman–Crippen LogP) is 7.81. The van der Waals surface area contributed by atoms with Gasteiger partial charge in [-0.3, -0.25) is 4.79 Å². The first-order valence-corrected chi connectivity index (χ1v) is 11.8. The van der Waals surface area contributed by atoms with Gasteiger partial charge >= 0.3 is 5.97 Å². The summed E-state index contributed by atoms with van der Waals surface area (Å²) >= 11 is 0. The van der Waals surface area contributed by atoms with Crippen molar-refractivity contribution in [3.8, 4) is 0 Å². The lowest BCUT2D eigenvalue weighted by Crippen LogP contribution is -2.45. The minimum atomic E-state index is -0.539. The summed E-state index contributed by atoms with van der Waals surface area (Å²) in [5, 5.41) is 0. The Balaban J connectivity index is 4.93. The van der Waals surface area contributed by atoms with Crippen LogP contribution in [0.2, 0.25) is 0 Å². The third-order valence-corrected chi connectivity index (χ3v) is 6.33. The molecule has 0 heterocycles. The Bertz CT molecular complexity index is 481. The summed E-state index contributed by atoms with van der Waals surface area (Å²) in [5.74, 6) is 0.585. The highest BCUT2D eigenvalue weighted by Gasteiger charge is 2.48. The standard InChI is InChI=1S/C26H52O3/c1-13-15-16-21(14-2)17-25(10,11)28-18-20(3)29-22(27)26(12,24(7,8)9)19-23(4,5)6/h20-21H,13-19H2,1-12H3. The number of hydrogen-bond acceptors (Lipinski definition) is 3. The van der Waals surface area contributed by atoms with E-state index in [9.17, 15) is 4.79 Å². The molecule has 0 radical (unpaired) electrons. The van der Waals surface area contributed by atoms with Crippen molar-refractivity contribution in [1.82, 2.24) is 0 Å². The Morgan fingerprint density at radius 2 is 1.48 bits per heavy atom. The Kier molecular flexibility index (Phi) is 10.9. The molecule has 3 atom stereocenters. The first-order chi connectivity index (χ1) is 13.0. The van der Waals surface area contributed by atoms with Crippen LogP contribution in [0, 0.1) is 22.2 Å². The van der Waals surface area contributed by atoms with E-state index >= 15 is 0 Å². The first kappa shape index (κ1) is 28.4. The van der Waals surface area contributed by atoms with Gasteiger partial charge in [0.2, 0.25) is 0 Å². The minimum Gasteiger partial charge on any atom is -0.460 e. The fourth-order valence-electron chi connectivity index (χ4n) is 4.09. The quantitative estimate of drug-likeness (QED) is 0.307. The maximum absolute atomic E-state index is 13.2. The van der Waals surface area contributed by atoms with Crippen molar-refractivity contribution in [2.75, 3.05) is 6.61 Å². The van der Waals surface area contributed by atoms with Gasteiger partial charge in [0, 0.05) is 0 Å². The van der Waals surface area contributed by atoms with Gasteiger partial charge in [0.25, 0.3) is 0 Å². The van der Waals surface area contributed by atoms with Gasteiger partial charge in [0.1, 0.15) is 6.10 Å². The normalized spacial score (nSPS) is 17.5. The van der Waals surface area contributed by atoms with E-state index in [0.717, 1.165) is 12.8 Å². The van der Waals surface area contributed by atoms with Gasteiger partial charge in [-0.1, -0.05) is 81.1 Å². The molecule has 0 aromatic heterocycles. The molecule has 0 aliphatic carbocycles. The number of carbonyl (C=O) groups excluding carboxylic acids is 1. The summed E-state index contributed by atoms with van der Waals surface area (Å²) in [4.78, 5) is 13.2.